The fourth-order valence-corrected chi connectivity index (χ4v) is 1.24. The topological polar surface area (TPSA) is 39.7 Å². The third-order valence-electron chi connectivity index (χ3n) is 2.05. The molecule has 4 heteroatoms. The van der Waals surface area contributed by atoms with Crippen molar-refractivity contribution in [2.45, 2.75) is 13.8 Å². The van der Waals surface area contributed by atoms with Crippen LogP contribution in [0.4, 0.5) is 0 Å². The molecular weight excluding hydrogens is 218 g/mol. The Bertz CT molecular complexity index is 315. The minimum Gasteiger partial charge on any atom is -0.493 e. The summed E-state index contributed by atoms with van der Waals surface area (Å²) in [6.45, 7) is 6.10. The average Bonchev–Trinajstić information content (AvgIpc) is 2.33. The molecule has 96 valence electrons. The van der Waals surface area contributed by atoms with Crippen molar-refractivity contribution < 1.29 is 14.3 Å². The van der Waals surface area contributed by atoms with Gasteiger partial charge in [0.25, 0.3) is 0 Å². The smallest absolute Gasteiger partial charge is 0.161 e. The number of hydrogen-bond donors (Lipinski definition) is 1. The highest BCUT2D eigenvalue weighted by Crippen LogP contribution is 2.25. The maximum atomic E-state index is 5.57. The molecule has 17 heavy (non-hydrogen) atoms. The first-order chi connectivity index (χ1) is 8.24. The molecule has 0 heterocycles. The molecule has 0 amide bonds. The summed E-state index contributed by atoms with van der Waals surface area (Å²) in [5.41, 5.74) is 2.86. The van der Waals surface area contributed by atoms with Crippen LogP contribution < -0.4 is 15.0 Å². The van der Waals surface area contributed by atoms with Crippen molar-refractivity contribution in [1.29, 1.82) is 0 Å². The summed E-state index contributed by atoms with van der Waals surface area (Å²) in [6.07, 6.45) is 0. The Morgan fingerprint density at radius 2 is 1.88 bits per heavy atom. The number of benzene rings is 1. The van der Waals surface area contributed by atoms with E-state index in [4.69, 9.17) is 14.3 Å². The zero-order valence-corrected chi connectivity index (χ0v) is 10.7. The van der Waals surface area contributed by atoms with E-state index in [1.165, 1.54) is 0 Å². The summed E-state index contributed by atoms with van der Waals surface area (Å²) in [6, 6.07) is 7.59. The van der Waals surface area contributed by atoms with Gasteiger partial charge in [0.15, 0.2) is 11.5 Å². The molecule has 4 nitrogen and oxygen atoms in total. The molecule has 0 saturated carbocycles. The largest absolute Gasteiger partial charge is 0.493 e. The normalized spacial score (nSPS) is 10.6. The molecule has 0 atom stereocenters. The highest BCUT2D eigenvalue weighted by atomic mass is 16.6. The van der Waals surface area contributed by atoms with Gasteiger partial charge < -0.3 is 14.3 Å². The number of para-hydroxylation sites is 2. The third kappa shape index (κ3) is 5.56. The molecule has 1 aromatic rings. The van der Waals surface area contributed by atoms with Crippen LogP contribution in [0.5, 0.6) is 11.5 Å². The van der Waals surface area contributed by atoms with E-state index < -0.39 is 0 Å². The first-order valence-corrected chi connectivity index (χ1v) is 5.84. The molecule has 0 aromatic heterocycles. The monoisotopic (exact) mass is 239 g/mol. The zero-order chi connectivity index (χ0) is 12.5. The Morgan fingerprint density at radius 1 is 1.18 bits per heavy atom. The van der Waals surface area contributed by atoms with Gasteiger partial charge in [-0.05, 0) is 18.1 Å². The van der Waals surface area contributed by atoms with Crippen LogP contribution in [-0.2, 0) is 4.84 Å². The van der Waals surface area contributed by atoms with Gasteiger partial charge in [0.2, 0.25) is 0 Å². The van der Waals surface area contributed by atoms with Crippen LogP contribution >= 0.6 is 0 Å². The second-order valence-electron chi connectivity index (χ2n) is 4.10. The molecule has 0 aliphatic carbocycles. The molecule has 0 fully saturated rings. The summed E-state index contributed by atoms with van der Waals surface area (Å²) in [4.78, 5) is 5.23. The van der Waals surface area contributed by atoms with Crippen LogP contribution in [0.15, 0.2) is 24.3 Å². The zero-order valence-electron chi connectivity index (χ0n) is 10.7. The third-order valence-corrected chi connectivity index (χ3v) is 2.05. The van der Waals surface area contributed by atoms with Crippen molar-refractivity contribution in [2.75, 3.05) is 26.9 Å². The van der Waals surface area contributed by atoms with E-state index >= 15 is 0 Å². The molecule has 0 aliphatic rings. The summed E-state index contributed by atoms with van der Waals surface area (Å²) in [5, 5.41) is 0. The van der Waals surface area contributed by atoms with Gasteiger partial charge in [-0.25, -0.2) is 0 Å². The number of hydrogen-bond acceptors (Lipinski definition) is 4. The molecule has 0 spiro atoms. The number of ether oxygens (including phenoxy) is 2. The Morgan fingerprint density at radius 3 is 2.53 bits per heavy atom. The maximum absolute atomic E-state index is 5.57. The first kappa shape index (κ1) is 13.8. The maximum Gasteiger partial charge on any atom is 0.161 e. The Balaban J connectivity index is 2.17. The van der Waals surface area contributed by atoms with Gasteiger partial charge in [0, 0.05) is 0 Å². The van der Waals surface area contributed by atoms with Crippen LogP contribution in [0.2, 0.25) is 0 Å². The summed E-state index contributed by atoms with van der Waals surface area (Å²) in [7, 11) is 1.63. The van der Waals surface area contributed by atoms with Gasteiger partial charge in [-0.1, -0.05) is 26.0 Å². The van der Waals surface area contributed by atoms with Crippen LogP contribution in [0.25, 0.3) is 0 Å². The Labute approximate surface area is 103 Å². The van der Waals surface area contributed by atoms with Gasteiger partial charge in [-0.2, -0.15) is 5.48 Å². The van der Waals surface area contributed by atoms with Gasteiger partial charge in [-0.15, -0.1) is 0 Å². The second kappa shape index (κ2) is 7.92. The van der Waals surface area contributed by atoms with E-state index in [2.05, 4.69) is 19.3 Å². The quantitative estimate of drug-likeness (QED) is 0.558. The van der Waals surface area contributed by atoms with Gasteiger partial charge >= 0.3 is 0 Å². The van der Waals surface area contributed by atoms with Crippen molar-refractivity contribution in [1.82, 2.24) is 5.48 Å². The lowest BCUT2D eigenvalue weighted by atomic mass is 10.2. The van der Waals surface area contributed by atoms with E-state index in [0.29, 0.717) is 25.7 Å². The molecule has 0 saturated heterocycles. The predicted octanol–water partition coefficient (Wildman–Crippen LogP) is 2.25. The molecule has 1 N–H and O–H groups in total. The molecule has 0 bridgehead atoms. The highest BCUT2D eigenvalue weighted by molar-refractivity contribution is 5.39. The van der Waals surface area contributed by atoms with Crippen LogP contribution in [0, 0.1) is 5.92 Å². The van der Waals surface area contributed by atoms with Crippen molar-refractivity contribution in [3.63, 3.8) is 0 Å². The SMILES string of the molecule is COc1ccccc1OCCNOCC(C)C. The summed E-state index contributed by atoms with van der Waals surface area (Å²) >= 11 is 0. The standard InChI is InChI=1S/C13H21NO3/c1-11(2)10-17-14-8-9-16-13-7-5-4-6-12(13)15-3/h4-7,11,14H,8-10H2,1-3H3. The lowest BCUT2D eigenvalue weighted by Gasteiger charge is -2.11. The molecule has 1 rings (SSSR count). The van der Waals surface area contributed by atoms with Gasteiger partial charge in [-0.3, -0.25) is 0 Å². The minimum absolute atomic E-state index is 0.526. The van der Waals surface area contributed by atoms with E-state index in [1.54, 1.807) is 7.11 Å². The molecule has 0 unspecified atom stereocenters. The van der Waals surface area contributed by atoms with Gasteiger partial charge in [0.05, 0.1) is 20.3 Å². The van der Waals surface area contributed by atoms with Crippen LogP contribution in [0.3, 0.4) is 0 Å². The summed E-state index contributed by atoms with van der Waals surface area (Å²) < 4.78 is 10.7. The predicted molar refractivity (Wildman–Crippen MR) is 67.3 cm³/mol. The van der Waals surface area contributed by atoms with Crippen molar-refractivity contribution in [3.05, 3.63) is 24.3 Å². The second-order valence-corrected chi connectivity index (χ2v) is 4.10. The lowest BCUT2D eigenvalue weighted by Crippen LogP contribution is -2.23. The van der Waals surface area contributed by atoms with Crippen molar-refractivity contribution in [3.8, 4) is 11.5 Å². The number of nitrogens with one attached hydrogen (secondary N) is 1. The fraction of sp³-hybridized carbons (Fsp3) is 0.538. The van der Waals surface area contributed by atoms with E-state index in [1.807, 2.05) is 24.3 Å². The first-order valence-electron chi connectivity index (χ1n) is 5.84. The molecular formula is C13H21NO3. The van der Waals surface area contributed by atoms with Crippen molar-refractivity contribution >= 4 is 0 Å². The molecule has 0 radical (unpaired) electrons. The van der Waals surface area contributed by atoms with Gasteiger partial charge in [0.1, 0.15) is 6.61 Å². The average molecular weight is 239 g/mol. The molecule has 1 aromatic carbocycles. The summed E-state index contributed by atoms with van der Waals surface area (Å²) in [5.74, 6) is 2.02. The van der Waals surface area contributed by atoms with E-state index in [0.717, 1.165) is 11.5 Å². The van der Waals surface area contributed by atoms with Crippen LogP contribution in [0.1, 0.15) is 13.8 Å². The number of rotatable bonds is 8. The molecule has 0 aliphatic heterocycles. The van der Waals surface area contributed by atoms with Crippen molar-refractivity contribution in [2.24, 2.45) is 5.92 Å². The fourth-order valence-electron chi connectivity index (χ4n) is 1.24. The minimum atomic E-state index is 0.526. The Hall–Kier alpha value is -1.26. The van der Waals surface area contributed by atoms with Crippen LogP contribution in [-0.4, -0.2) is 26.9 Å². The lowest BCUT2D eigenvalue weighted by molar-refractivity contribution is 0.0178. The number of methoxy groups -OCH3 is 1. The van der Waals surface area contributed by atoms with E-state index in [-0.39, 0.29) is 0 Å². The highest BCUT2D eigenvalue weighted by Gasteiger charge is 2.01. The van der Waals surface area contributed by atoms with E-state index in [9.17, 15) is 0 Å². The Kier molecular flexibility index (Phi) is 6.43. The number of hydroxylamine groups is 1.